The highest BCUT2D eigenvalue weighted by atomic mass is 35.5. The molecular weight excluding hydrogens is 566 g/mol. The van der Waals surface area contributed by atoms with E-state index in [1.807, 2.05) is 36.4 Å². The molecule has 5 aromatic rings. The number of carbonyl (C=O) groups is 1. The van der Waals surface area contributed by atoms with E-state index in [1.54, 1.807) is 31.4 Å². The number of carbonyl (C=O) groups excluding carboxylic acids is 1. The first-order chi connectivity index (χ1) is 20.2. The maximum absolute atomic E-state index is 14.1. The van der Waals surface area contributed by atoms with Crippen molar-refractivity contribution >= 4 is 45.9 Å². The number of nitrogens with zero attached hydrogens (tertiary/aromatic N) is 3. The molecule has 1 unspecified atom stereocenters. The van der Waals surface area contributed by atoms with Crippen LogP contribution in [0.3, 0.4) is 0 Å². The molecule has 3 aromatic carbocycles. The van der Waals surface area contributed by atoms with Crippen molar-refractivity contribution in [2.24, 2.45) is 4.99 Å². The quantitative estimate of drug-likeness (QED) is 0.221. The number of benzene rings is 3. The molecule has 8 heteroatoms. The number of aromatic nitrogens is 2. The number of ether oxygens (including phenoxy) is 1. The average Bonchev–Trinajstić information content (AvgIpc) is 3.45. The zero-order chi connectivity index (χ0) is 29.5. The predicted molar refractivity (Wildman–Crippen MR) is 169 cm³/mol. The first-order valence-electron chi connectivity index (χ1n) is 13.8. The first-order valence-corrected chi connectivity index (χ1v) is 15.0. The molecule has 3 heterocycles. The number of thiazole rings is 1. The molecule has 0 saturated heterocycles. The molecule has 1 atom stereocenters. The Morgan fingerprint density at radius 2 is 1.76 bits per heavy atom. The van der Waals surface area contributed by atoms with Crippen LogP contribution in [0.4, 0.5) is 0 Å². The highest BCUT2D eigenvalue weighted by Crippen LogP contribution is 2.34. The Bertz CT molecular complexity index is 2050. The molecule has 0 bridgehead atoms. The summed E-state index contributed by atoms with van der Waals surface area (Å²) in [6, 6.07) is 23.2. The minimum Gasteiger partial charge on any atom is -0.459 e. The van der Waals surface area contributed by atoms with E-state index in [-0.39, 0.29) is 11.7 Å². The predicted octanol–water partition coefficient (Wildman–Crippen LogP) is 6.15. The number of rotatable bonds is 6. The van der Waals surface area contributed by atoms with Gasteiger partial charge in [0.15, 0.2) is 4.80 Å². The van der Waals surface area contributed by atoms with Crippen molar-refractivity contribution in [2.75, 3.05) is 0 Å². The average molecular weight is 596 g/mol. The summed E-state index contributed by atoms with van der Waals surface area (Å²) in [6.07, 6.45) is 3.68. The molecule has 0 spiro atoms. The van der Waals surface area contributed by atoms with E-state index in [0.29, 0.717) is 37.7 Å². The monoisotopic (exact) mass is 595 g/mol. The molecule has 0 saturated carbocycles. The first kappa shape index (κ1) is 27.9. The number of para-hydroxylation sites is 1. The van der Waals surface area contributed by atoms with Gasteiger partial charge in [0, 0.05) is 34.2 Å². The van der Waals surface area contributed by atoms with Gasteiger partial charge in [0.1, 0.15) is 6.04 Å². The van der Waals surface area contributed by atoms with Gasteiger partial charge in [-0.05, 0) is 57.0 Å². The summed E-state index contributed by atoms with van der Waals surface area (Å²) in [4.78, 5) is 32.7. The summed E-state index contributed by atoms with van der Waals surface area (Å²) in [5, 5.41) is 1.51. The molecule has 0 radical (unpaired) electrons. The molecule has 6 rings (SSSR count). The van der Waals surface area contributed by atoms with E-state index in [1.165, 1.54) is 22.5 Å². The third-order valence-electron chi connectivity index (χ3n) is 7.36. The Balaban J connectivity index is 1.52. The lowest BCUT2D eigenvalue weighted by Crippen LogP contribution is -2.40. The molecule has 212 valence electrons. The molecular formula is C34H30ClN3O3S. The van der Waals surface area contributed by atoms with Gasteiger partial charge in [0.25, 0.3) is 5.56 Å². The van der Waals surface area contributed by atoms with E-state index in [9.17, 15) is 9.59 Å². The van der Waals surface area contributed by atoms with Crippen LogP contribution in [-0.4, -0.2) is 21.2 Å². The van der Waals surface area contributed by atoms with E-state index in [2.05, 4.69) is 54.1 Å². The summed E-state index contributed by atoms with van der Waals surface area (Å²) in [6.45, 7) is 8.15. The Morgan fingerprint density at radius 3 is 2.50 bits per heavy atom. The number of aryl methyl sites for hydroxylation is 1. The molecule has 0 amide bonds. The number of esters is 1. The lowest BCUT2D eigenvalue weighted by atomic mass is 9.96. The number of hydrogen-bond acceptors (Lipinski definition) is 5. The summed E-state index contributed by atoms with van der Waals surface area (Å²) < 4.78 is 9.90. The summed E-state index contributed by atoms with van der Waals surface area (Å²) in [5.74, 6) is -0.510. The van der Waals surface area contributed by atoms with E-state index < -0.39 is 12.0 Å². The molecule has 0 fully saturated rings. The zero-order valence-corrected chi connectivity index (χ0v) is 25.4. The van der Waals surface area contributed by atoms with Gasteiger partial charge in [-0.2, -0.15) is 0 Å². The Hall–Kier alpha value is -4.20. The third-order valence-corrected chi connectivity index (χ3v) is 8.69. The van der Waals surface area contributed by atoms with Crippen molar-refractivity contribution in [2.45, 2.75) is 46.4 Å². The smallest absolute Gasteiger partial charge is 0.338 e. The minimum absolute atomic E-state index is 0.235. The van der Waals surface area contributed by atoms with Gasteiger partial charge < -0.3 is 9.30 Å². The lowest BCUT2D eigenvalue weighted by Gasteiger charge is -2.26. The fourth-order valence-electron chi connectivity index (χ4n) is 5.40. The van der Waals surface area contributed by atoms with Crippen LogP contribution < -0.4 is 14.9 Å². The van der Waals surface area contributed by atoms with Gasteiger partial charge >= 0.3 is 5.97 Å². The fourth-order valence-corrected chi connectivity index (χ4v) is 6.68. The second-order valence-electron chi connectivity index (χ2n) is 10.8. The summed E-state index contributed by atoms with van der Waals surface area (Å²) in [7, 11) is 0. The van der Waals surface area contributed by atoms with Crippen molar-refractivity contribution in [3.8, 4) is 0 Å². The van der Waals surface area contributed by atoms with E-state index >= 15 is 0 Å². The molecule has 1 aliphatic heterocycles. The van der Waals surface area contributed by atoms with Crippen LogP contribution in [0.5, 0.6) is 0 Å². The van der Waals surface area contributed by atoms with Crippen LogP contribution in [-0.2, 0) is 16.1 Å². The number of halogens is 1. The van der Waals surface area contributed by atoms with Gasteiger partial charge in [-0.3, -0.25) is 9.36 Å². The standard InChI is InChI=1S/C34H30ClN3O3S/c1-20(2)41-33(40)30-22(4)36-34-38(31(30)26-10-5-7-11-27(26)35)32(39)29(42-34)17-24-19-37(28-12-8-6-9-25(24)28)18-23-15-13-21(3)14-16-23/h5-17,19-20,31H,18H2,1-4H3. The normalized spacial score (nSPS) is 15.3. The topological polar surface area (TPSA) is 65.6 Å². The second kappa shape index (κ2) is 11.2. The van der Waals surface area contributed by atoms with Crippen molar-refractivity contribution in [3.05, 3.63) is 137 Å². The Morgan fingerprint density at radius 1 is 1.05 bits per heavy atom. The lowest BCUT2D eigenvalue weighted by molar-refractivity contribution is -0.143. The van der Waals surface area contributed by atoms with Crippen molar-refractivity contribution in [1.82, 2.24) is 9.13 Å². The highest BCUT2D eigenvalue weighted by Gasteiger charge is 2.34. The highest BCUT2D eigenvalue weighted by molar-refractivity contribution is 7.07. The SMILES string of the molecule is CC1=C(C(=O)OC(C)C)C(c2ccccc2Cl)n2c(sc(=Cc3cn(Cc4ccc(C)cc4)c4ccccc34)c2=O)=N1. The number of allylic oxidation sites excluding steroid dienone is 1. The van der Waals surface area contributed by atoms with Crippen LogP contribution in [0.1, 0.15) is 49.1 Å². The van der Waals surface area contributed by atoms with E-state index in [4.69, 9.17) is 21.3 Å². The third kappa shape index (κ3) is 5.14. The maximum atomic E-state index is 14.1. The number of fused-ring (bicyclic) bond motifs is 2. The summed E-state index contributed by atoms with van der Waals surface area (Å²) in [5.41, 5.74) is 5.67. The van der Waals surface area contributed by atoms with Crippen molar-refractivity contribution < 1.29 is 9.53 Å². The minimum atomic E-state index is -0.758. The van der Waals surface area contributed by atoms with Crippen LogP contribution in [0.25, 0.3) is 17.0 Å². The molecule has 1 aliphatic rings. The molecule has 6 nitrogen and oxygen atoms in total. The van der Waals surface area contributed by atoms with Crippen molar-refractivity contribution in [1.29, 1.82) is 0 Å². The number of hydrogen-bond donors (Lipinski definition) is 0. The van der Waals surface area contributed by atoms with Crippen LogP contribution in [0, 0.1) is 6.92 Å². The Kier molecular flexibility index (Phi) is 7.47. The van der Waals surface area contributed by atoms with Gasteiger partial charge in [-0.15, -0.1) is 0 Å². The van der Waals surface area contributed by atoms with Gasteiger partial charge in [0.2, 0.25) is 0 Å². The fraction of sp³-hybridized carbons (Fsp3) is 0.206. The molecule has 0 aliphatic carbocycles. The maximum Gasteiger partial charge on any atom is 0.338 e. The van der Waals surface area contributed by atoms with Crippen LogP contribution in [0.15, 0.2) is 100 Å². The second-order valence-corrected chi connectivity index (χ2v) is 12.2. The largest absolute Gasteiger partial charge is 0.459 e. The van der Waals surface area contributed by atoms with Crippen LogP contribution >= 0.6 is 22.9 Å². The molecule has 0 N–H and O–H groups in total. The summed E-state index contributed by atoms with van der Waals surface area (Å²) >= 11 is 7.96. The molecule has 42 heavy (non-hydrogen) atoms. The van der Waals surface area contributed by atoms with Gasteiger partial charge in [-0.1, -0.05) is 89.2 Å². The zero-order valence-electron chi connectivity index (χ0n) is 23.8. The van der Waals surface area contributed by atoms with E-state index in [0.717, 1.165) is 16.5 Å². The Labute approximate surface area is 252 Å². The van der Waals surface area contributed by atoms with Gasteiger partial charge in [0.05, 0.1) is 21.9 Å². The van der Waals surface area contributed by atoms with Crippen molar-refractivity contribution in [3.63, 3.8) is 0 Å². The molecule has 2 aromatic heterocycles. The van der Waals surface area contributed by atoms with Crippen LogP contribution in [0.2, 0.25) is 5.02 Å². The van der Waals surface area contributed by atoms with Gasteiger partial charge in [-0.25, -0.2) is 9.79 Å².